The number of piperazine rings is 1. The zero-order valence-electron chi connectivity index (χ0n) is 17.9. The van der Waals surface area contributed by atoms with Crippen molar-refractivity contribution in [2.75, 3.05) is 44.2 Å². The van der Waals surface area contributed by atoms with Gasteiger partial charge in [-0.25, -0.2) is 4.98 Å². The Kier molecular flexibility index (Phi) is 7.81. The molecule has 7 nitrogen and oxygen atoms in total. The molecule has 1 saturated heterocycles. The molecule has 1 aliphatic heterocycles. The summed E-state index contributed by atoms with van der Waals surface area (Å²) >= 11 is 1.50. The number of rotatable bonds is 8. The summed E-state index contributed by atoms with van der Waals surface area (Å²) in [4.78, 5) is 34.2. The van der Waals surface area contributed by atoms with Crippen LogP contribution < -0.4 is 10.2 Å². The van der Waals surface area contributed by atoms with Gasteiger partial charge in [0.1, 0.15) is 5.82 Å². The van der Waals surface area contributed by atoms with E-state index in [1.807, 2.05) is 43.2 Å². The van der Waals surface area contributed by atoms with Gasteiger partial charge in [0.2, 0.25) is 0 Å². The first-order valence-corrected chi connectivity index (χ1v) is 11.3. The molecule has 1 N–H and O–H groups in total. The lowest BCUT2D eigenvalue weighted by molar-refractivity contribution is 0.0746. The summed E-state index contributed by atoms with van der Waals surface area (Å²) in [5.41, 5.74) is 1.58. The maximum atomic E-state index is 12.7. The topological polar surface area (TPSA) is 74.8 Å². The van der Waals surface area contributed by atoms with Crippen molar-refractivity contribution in [3.8, 4) is 0 Å². The number of pyridine rings is 1. The van der Waals surface area contributed by atoms with Crippen LogP contribution in [0.5, 0.6) is 0 Å². The molecular formula is C22H30N4O3S. The van der Waals surface area contributed by atoms with E-state index in [9.17, 15) is 9.59 Å². The largest absolute Gasteiger partial charge is 0.379 e. The molecule has 0 saturated carbocycles. The van der Waals surface area contributed by atoms with E-state index in [1.54, 1.807) is 12.3 Å². The minimum Gasteiger partial charge on any atom is -0.379 e. The minimum atomic E-state index is -0.125. The van der Waals surface area contributed by atoms with Gasteiger partial charge >= 0.3 is 0 Å². The van der Waals surface area contributed by atoms with Gasteiger partial charge in [0, 0.05) is 45.5 Å². The van der Waals surface area contributed by atoms with E-state index in [0.29, 0.717) is 31.8 Å². The molecule has 162 valence electrons. The molecule has 3 rings (SSSR count). The number of carbonyl (C=O) groups is 2. The average molecular weight is 431 g/mol. The zero-order chi connectivity index (χ0) is 21.5. The maximum absolute atomic E-state index is 12.7. The van der Waals surface area contributed by atoms with Crippen LogP contribution in [0.2, 0.25) is 0 Å². The molecule has 2 aromatic rings. The van der Waals surface area contributed by atoms with Crippen molar-refractivity contribution >= 4 is 29.0 Å². The number of anilines is 1. The SMILES string of the molecule is Cc1ccsc1C(=O)N1CCN(c2ccc(C(=O)NCCCOC(C)C)cn2)CC1. The van der Waals surface area contributed by atoms with Gasteiger partial charge in [-0.1, -0.05) is 0 Å². The Bertz CT molecular complexity index is 842. The summed E-state index contributed by atoms with van der Waals surface area (Å²) in [5.74, 6) is 0.817. The third-order valence-corrected chi connectivity index (χ3v) is 6.02. The Balaban J connectivity index is 1.46. The number of aromatic nitrogens is 1. The highest BCUT2D eigenvalue weighted by Gasteiger charge is 2.24. The summed E-state index contributed by atoms with van der Waals surface area (Å²) in [5, 5.41) is 4.85. The smallest absolute Gasteiger partial charge is 0.264 e. The lowest BCUT2D eigenvalue weighted by atomic mass is 10.2. The van der Waals surface area contributed by atoms with Crippen LogP contribution in [-0.4, -0.2) is 67.1 Å². The molecule has 0 aromatic carbocycles. The van der Waals surface area contributed by atoms with Gasteiger partial charge in [-0.05, 0) is 56.3 Å². The van der Waals surface area contributed by atoms with Crippen molar-refractivity contribution in [1.82, 2.24) is 15.2 Å². The average Bonchev–Trinajstić information content (AvgIpc) is 3.18. The number of carbonyl (C=O) groups excluding carboxylic acids is 2. The molecule has 3 heterocycles. The molecule has 0 bridgehead atoms. The van der Waals surface area contributed by atoms with Gasteiger partial charge < -0.3 is 19.9 Å². The maximum Gasteiger partial charge on any atom is 0.264 e. The van der Waals surface area contributed by atoms with Gasteiger partial charge in [-0.15, -0.1) is 11.3 Å². The van der Waals surface area contributed by atoms with Gasteiger partial charge in [0.15, 0.2) is 0 Å². The summed E-state index contributed by atoms with van der Waals surface area (Å²) in [7, 11) is 0. The fourth-order valence-corrected chi connectivity index (χ4v) is 4.17. The molecule has 8 heteroatoms. The summed E-state index contributed by atoms with van der Waals surface area (Å²) in [6.07, 6.45) is 2.60. The predicted octanol–water partition coefficient (Wildman–Crippen LogP) is 2.96. The lowest BCUT2D eigenvalue weighted by Crippen LogP contribution is -2.49. The second-order valence-electron chi connectivity index (χ2n) is 7.65. The van der Waals surface area contributed by atoms with Crippen LogP contribution in [0.25, 0.3) is 0 Å². The van der Waals surface area contributed by atoms with E-state index in [1.165, 1.54) is 11.3 Å². The minimum absolute atomic E-state index is 0.112. The Morgan fingerprint density at radius 3 is 2.57 bits per heavy atom. The molecule has 30 heavy (non-hydrogen) atoms. The van der Waals surface area contributed by atoms with Crippen LogP contribution >= 0.6 is 11.3 Å². The van der Waals surface area contributed by atoms with Gasteiger partial charge in [-0.3, -0.25) is 9.59 Å². The summed E-state index contributed by atoms with van der Waals surface area (Å²) in [6.45, 7) is 9.96. The molecule has 0 atom stereocenters. The van der Waals surface area contributed by atoms with Crippen molar-refractivity contribution in [2.24, 2.45) is 0 Å². The highest BCUT2D eigenvalue weighted by atomic mass is 32.1. The first-order chi connectivity index (χ1) is 14.5. The van der Waals surface area contributed by atoms with Crippen molar-refractivity contribution in [3.63, 3.8) is 0 Å². The number of hydrogen-bond acceptors (Lipinski definition) is 6. The lowest BCUT2D eigenvalue weighted by Gasteiger charge is -2.35. The first kappa shape index (κ1) is 22.2. The molecule has 2 aromatic heterocycles. The zero-order valence-corrected chi connectivity index (χ0v) is 18.7. The molecule has 0 aliphatic carbocycles. The van der Waals surface area contributed by atoms with Gasteiger partial charge in [0.25, 0.3) is 11.8 Å². The van der Waals surface area contributed by atoms with Gasteiger partial charge in [0.05, 0.1) is 16.5 Å². The molecule has 0 unspecified atom stereocenters. The number of amides is 2. The van der Waals surface area contributed by atoms with Crippen molar-refractivity contribution in [1.29, 1.82) is 0 Å². The monoisotopic (exact) mass is 430 g/mol. The second-order valence-corrected chi connectivity index (χ2v) is 8.56. The fraction of sp³-hybridized carbons (Fsp3) is 0.500. The van der Waals surface area contributed by atoms with E-state index < -0.39 is 0 Å². The number of thiophene rings is 1. The number of ether oxygens (including phenoxy) is 1. The quantitative estimate of drug-likeness (QED) is 0.652. The number of nitrogens with one attached hydrogen (secondary N) is 1. The molecular weight excluding hydrogens is 400 g/mol. The number of hydrogen-bond donors (Lipinski definition) is 1. The van der Waals surface area contributed by atoms with Crippen LogP contribution in [-0.2, 0) is 4.74 Å². The predicted molar refractivity (Wildman–Crippen MR) is 119 cm³/mol. The van der Waals surface area contributed by atoms with Crippen molar-refractivity contribution < 1.29 is 14.3 Å². The van der Waals surface area contributed by atoms with Crippen LogP contribution in [0.3, 0.4) is 0 Å². The Labute approximate surface area is 182 Å². The summed E-state index contributed by atoms with van der Waals surface area (Å²) < 4.78 is 5.47. The third-order valence-electron chi connectivity index (χ3n) is 5.02. The van der Waals surface area contributed by atoms with Crippen LogP contribution in [0.15, 0.2) is 29.8 Å². The Morgan fingerprint density at radius 1 is 1.20 bits per heavy atom. The van der Waals surface area contributed by atoms with Crippen LogP contribution in [0.4, 0.5) is 5.82 Å². The van der Waals surface area contributed by atoms with E-state index in [-0.39, 0.29) is 17.9 Å². The Hall–Kier alpha value is -2.45. The molecule has 1 aliphatic rings. The van der Waals surface area contributed by atoms with Gasteiger partial charge in [-0.2, -0.15) is 0 Å². The van der Waals surface area contributed by atoms with E-state index in [4.69, 9.17) is 4.74 Å². The molecule has 2 amide bonds. The molecule has 0 radical (unpaired) electrons. The standard InChI is InChI=1S/C22H30N4O3S/c1-16(2)29-13-4-8-23-21(27)18-5-6-19(24-15-18)25-9-11-26(12-10-25)22(28)20-17(3)7-14-30-20/h5-7,14-16H,4,8-13H2,1-3H3,(H,23,27). The van der Waals surface area contributed by atoms with Crippen molar-refractivity contribution in [3.05, 3.63) is 45.8 Å². The highest BCUT2D eigenvalue weighted by molar-refractivity contribution is 7.12. The number of nitrogens with zero attached hydrogens (tertiary/aromatic N) is 3. The molecule has 0 spiro atoms. The second kappa shape index (κ2) is 10.5. The number of aryl methyl sites for hydroxylation is 1. The first-order valence-electron chi connectivity index (χ1n) is 10.4. The molecule has 1 fully saturated rings. The van der Waals surface area contributed by atoms with Crippen LogP contribution in [0, 0.1) is 6.92 Å². The third kappa shape index (κ3) is 5.79. The van der Waals surface area contributed by atoms with Crippen LogP contribution in [0.1, 0.15) is 45.9 Å². The normalized spacial score (nSPS) is 14.3. The van der Waals surface area contributed by atoms with E-state index in [0.717, 1.165) is 35.8 Å². The Morgan fingerprint density at radius 2 is 1.97 bits per heavy atom. The van der Waals surface area contributed by atoms with E-state index >= 15 is 0 Å². The van der Waals surface area contributed by atoms with E-state index in [2.05, 4.69) is 15.2 Å². The van der Waals surface area contributed by atoms with Crippen molar-refractivity contribution in [2.45, 2.75) is 33.3 Å². The highest BCUT2D eigenvalue weighted by Crippen LogP contribution is 2.20. The summed E-state index contributed by atoms with van der Waals surface area (Å²) in [6, 6.07) is 5.65. The fourth-order valence-electron chi connectivity index (χ4n) is 3.28.